The van der Waals surface area contributed by atoms with Crippen LogP contribution >= 0.6 is 0 Å². The molecule has 1 unspecified atom stereocenters. The number of aryl methyl sites for hydroxylation is 1. The Morgan fingerprint density at radius 3 is 2.35 bits per heavy atom. The molecule has 0 spiro atoms. The molecule has 1 aliphatic rings. The van der Waals surface area contributed by atoms with E-state index in [0.29, 0.717) is 0 Å². The first-order valence-corrected chi connectivity index (χ1v) is 8.71. The van der Waals surface area contributed by atoms with Crippen LogP contribution in [0.1, 0.15) is 58.4 Å². The first-order valence-electron chi connectivity index (χ1n) is 8.71. The second kappa shape index (κ2) is 5.79. The quantitative estimate of drug-likeness (QED) is 0.742. The third kappa shape index (κ3) is 2.25. The molecule has 0 N–H and O–H groups in total. The number of hydrogen-bond donors (Lipinski definition) is 0. The number of fused-ring (bicyclic) bond motifs is 2. The van der Waals surface area contributed by atoms with E-state index in [0.717, 1.165) is 19.3 Å². The highest BCUT2D eigenvalue weighted by molar-refractivity contribution is 5.58. The zero-order valence-corrected chi connectivity index (χ0v) is 15.3. The Bertz CT molecular complexity index is 757. The SMILES string of the molecule is CCc1c(C)c(C)c2c(c1C)CCc1ccccc1C2(C)OC. The predicted molar refractivity (Wildman–Crippen MR) is 97.3 cm³/mol. The van der Waals surface area contributed by atoms with Crippen molar-refractivity contribution in [2.24, 2.45) is 0 Å². The highest BCUT2D eigenvalue weighted by atomic mass is 16.5. The summed E-state index contributed by atoms with van der Waals surface area (Å²) in [4.78, 5) is 0. The van der Waals surface area contributed by atoms with Crippen molar-refractivity contribution < 1.29 is 4.74 Å². The average molecular weight is 308 g/mol. The van der Waals surface area contributed by atoms with Crippen LogP contribution in [0, 0.1) is 20.8 Å². The van der Waals surface area contributed by atoms with E-state index in [-0.39, 0.29) is 5.60 Å². The molecule has 122 valence electrons. The van der Waals surface area contributed by atoms with Gasteiger partial charge in [-0.1, -0.05) is 31.2 Å². The van der Waals surface area contributed by atoms with Crippen molar-refractivity contribution in [2.75, 3.05) is 7.11 Å². The number of ether oxygens (including phenoxy) is 1. The van der Waals surface area contributed by atoms with Crippen molar-refractivity contribution >= 4 is 0 Å². The normalized spacial score (nSPS) is 19.9. The van der Waals surface area contributed by atoms with E-state index in [1.807, 2.05) is 7.11 Å². The summed E-state index contributed by atoms with van der Waals surface area (Å²) in [6.45, 7) is 11.4. The van der Waals surface area contributed by atoms with Crippen LogP contribution in [0.2, 0.25) is 0 Å². The van der Waals surface area contributed by atoms with Crippen LogP contribution in [0.15, 0.2) is 24.3 Å². The van der Waals surface area contributed by atoms with Gasteiger partial charge < -0.3 is 4.74 Å². The Hall–Kier alpha value is -1.60. The molecule has 2 aromatic rings. The molecule has 1 aliphatic carbocycles. The van der Waals surface area contributed by atoms with Crippen molar-refractivity contribution in [3.8, 4) is 0 Å². The van der Waals surface area contributed by atoms with Crippen LogP contribution in [-0.2, 0) is 29.6 Å². The maximum Gasteiger partial charge on any atom is 0.116 e. The van der Waals surface area contributed by atoms with Gasteiger partial charge >= 0.3 is 0 Å². The molecule has 2 aromatic carbocycles. The van der Waals surface area contributed by atoms with Gasteiger partial charge in [0.1, 0.15) is 5.60 Å². The van der Waals surface area contributed by atoms with E-state index >= 15 is 0 Å². The summed E-state index contributed by atoms with van der Waals surface area (Å²) < 4.78 is 6.18. The molecule has 0 bridgehead atoms. The van der Waals surface area contributed by atoms with Crippen LogP contribution in [0.5, 0.6) is 0 Å². The molecule has 0 aliphatic heterocycles. The lowest BCUT2D eigenvalue weighted by atomic mass is 9.78. The fourth-order valence-electron chi connectivity index (χ4n) is 4.59. The second-order valence-corrected chi connectivity index (χ2v) is 6.96. The molecule has 0 amide bonds. The van der Waals surface area contributed by atoms with E-state index in [9.17, 15) is 0 Å². The second-order valence-electron chi connectivity index (χ2n) is 6.96. The Morgan fingerprint density at radius 1 is 1.00 bits per heavy atom. The van der Waals surface area contributed by atoms with Crippen LogP contribution in [-0.4, -0.2) is 7.11 Å². The third-order valence-electron chi connectivity index (χ3n) is 6.01. The zero-order valence-electron chi connectivity index (χ0n) is 15.3. The van der Waals surface area contributed by atoms with Crippen molar-refractivity contribution in [3.05, 3.63) is 68.8 Å². The summed E-state index contributed by atoms with van der Waals surface area (Å²) >= 11 is 0. The lowest BCUT2D eigenvalue weighted by molar-refractivity contribution is 0.0379. The number of methoxy groups -OCH3 is 1. The van der Waals surface area contributed by atoms with E-state index in [2.05, 4.69) is 58.9 Å². The Morgan fingerprint density at radius 2 is 1.70 bits per heavy atom. The van der Waals surface area contributed by atoms with Gasteiger partial charge in [0.05, 0.1) is 0 Å². The standard InChI is InChI=1S/C22H28O/c1-7-18-14(2)15(3)21-19(16(18)4)13-12-17-10-8-9-11-20(17)22(21,5)23-6/h8-11H,7,12-13H2,1-6H3. The van der Waals surface area contributed by atoms with Gasteiger partial charge in [-0.3, -0.25) is 0 Å². The van der Waals surface area contributed by atoms with Crippen molar-refractivity contribution in [1.82, 2.24) is 0 Å². The lowest BCUT2D eigenvalue weighted by Crippen LogP contribution is -2.29. The van der Waals surface area contributed by atoms with Crippen LogP contribution in [0.25, 0.3) is 0 Å². The maximum absolute atomic E-state index is 6.18. The summed E-state index contributed by atoms with van der Waals surface area (Å²) in [6, 6.07) is 8.78. The smallest absolute Gasteiger partial charge is 0.116 e. The molecule has 3 rings (SSSR count). The van der Waals surface area contributed by atoms with E-state index in [1.54, 1.807) is 0 Å². The highest BCUT2D eigenvalue weighted by Crippen LogP contribution is 2.44. The lowest BCUT2D eigenvalue weighted by Gasteiger charge is -2.34. The van der Waals surface area contributed by atoms with Gasteiger partial charge in [-0.05, 0) is 91.5 Å². The Balaban J connectivity index is 2.41. The van der Waals surface area contributed by atoms with Gasteiger partial charge in [0.25, 0.3) is 0 Å². The zero-order chi connectivity index (χ0) is 16.8. The molecule has 1 nitrogen and oxygen atoms in total. The molecular formula is C22H28O. The maximum atomic E-state index is 6.18. The van der Waals surface area contributed by atoms with Crippen LogP contribution in [0.3, 0.4) is 0 Å². The van der Waals surface area contributed by atoms with Crippen LogP contribution < -0.4 is 0 Å². The summed E-state index contributed by atoms with van der Waals surface area (Å²) in [5.41, 5.74) is 11.1. The van der Waals surface area contributed by atoms with Crippen molar-refractivity contribution in [3.63, 3.8) is 0 Å². The summed E-state index contributed by atoms with van der Waals surface area (Å²) in [5, 5.41) is 0. The van der Waals surface area contributed by atoms with Gasteiger partial charge in [0, 0.05) is 7.11 Å². The average Bonchev–Trinajstić information content (AvgIpc) is 2.69. The fourth-order valence-corrected chi connectivity index (χ4v) is 4.59. The first kappa shape index (κ1) is 16.3. The van der Waals surface area contributed by atoms with Gasteiger partial charge in [0.15, 0.2) is 0 Å². The monoisotopic (exact) mass is 308 g/mol. The first-order chi connectivity index (χ1) is 11.0. The van der Waals surface area contributed by atoms with Crippen molar-refractivity contribution in [2.45, 2.75) is 59.5 Å². The Kier molecular flexibility index (Phi) is 4.10. The predicted octanol–water partition coefficient (Wildman–Crippen LogP) is 5.18. The molecule has 0 saturated carbocycles. The van der Waals surface area contributed by atoms with E-state index < -0.39 is 0 Å². The summed E-state index contributed by atoms with van der Waals surface area (Å²) in [5.74, 6) is 0. The molecule has 0 heterocycles. The minimum Gasteiger partial charge on any atom is -0.369 e. The van der Waals surface area contributed by atoms with Gasteiger partial charge in [0.2, 0.25) is 0 Å². The topological polar surface area (TPSA) is 9.23 Å². The highest BCUT2D eigenvalue weighted by Gasteiger charge is 2.37. The summed E-state index contributed by atoms with van der Waals surface area (Å²) in [6.07, 6.45) is 3.29. The minimum absolute atomic E-state index is 0.367. The molecule has 0 radical (unpaired) electrons. The largest absolute Gasteiger partial charge is 0.369 e. The van der Waals surface area contributed by atoms with Crippen molar-refractivity contribution in [1.29, 1.82) is 0 Å². The Labute approximate surface area is 140 Å². The minimum atomic E-state index is -0.367. The third-order valence-corrected chi connectivity index (χ3v) is 6.01. The molecular weight excluding hydrogens is 280 g/mol. The number of hydrogen-bond acceptors (Lipinski definition) is 1. The number of rotatable bonds is 2. The molecule has 0 fully saturated rings. The molecule has 0 saturated heterocycles. The summed E-state index contributed by atoms with van der Waals surface area (Å²) in [7, 11) is 1.85. The van der Waals surface area contributed by atoms with Gasteiger partial charge in [-0.2, -0.15) is 0 Å². The van der Waals surface area contributed by atoms with Gasteiger partial charge in [-0.15, -0.1) is 0 Å². The van der Waals surface area contributed by atoms with E-state index in [4.69, 9.17) is 4.74 Å². The molecule has 1 atom stereocenters. The van der Waals surface area contributed by atoms with E-state index in [1.165, 1.54) is 44.5 Å². The molecule has 23 heavy (non-hydrogen) atoms. The fraction of sp³-hybridized carbons (Fsp3) is 0.455. The van der Waals surface area contributed by atoms with Gasteiger partial charge in [-0.25, -0.2) is 0 Å². The van der Waals surface area contributed by atoms with Crippen LogP contribution in [0.4, 0.5) is 0 Å². The molecule has 1 heteroatoms. The number of benzene rings is 2. The molecule has 0 aromatic heterocycles.